The van der Waals surface area contributed by atoms with Gasteiger partial charge in [0.05, 0.1) is 17.9 Å². The average molecular weight is 459 g/mol. The van der Waals surface area contributed by atoms with Crippen molar-refractivity contribution in [2.45, 2.75) is 62.3 Å². The maximum atomic E-state index is 13.6. The van der Waals surface area contributed by atoms with Gasteiger partial charge in [-0.25, -0.2) is 23.4 Å². The smallest absolute Gasteiger partial charge is 0.262 e. The zero-order chi connectivity index (χ0) is 22.0. The van der Waals surface area contributed by atoms with Crippen LogP contribution in [0.1, 0.15) is 67.9 Å². The number of aromatic amines is 1. The largest absolute Gasteiger partial charge is 0.310 e. The highest BCUT2D eigenvalue weighted by Gasteiger charge is 2.39. The van der Waals surface area contributed by atoms with Crippen molar-refractivity contribution in [2.75, 3.05) is 0 Å². The highest BCUT2D eigenvalue weighted by atomic mass is 35.5. The highest BCUT2D eigenvalue weighted by molar-refractivity contribution is 6.30. The van der Waals surface area contributed by atoms with Gasteiger partial charge in [-0.15, -0.1) is 0 Å². The lowest BCUT2D eigenvalue weighted by atomic mass is 9.71. The third-order valence-electron chi connectivity index (χ3n) is 6.96. The number of nitrogens with zero attached hydrogens (tertiary/aromatic N) is 5. The molecule has 4 aromatic heterocycles. The molecule has 0 aliphatic heterocycles. The Morgan fingerprint density at radius 3 is 2.66 bits per heavy atom. The molecule has 166 valence electrons. The fourth-order valence-electron chi connectivity index (χ4n) is 5.00. The lowest BCUT2D eigenvalue weighted by molar-refractivity contribution is -0.0446. The van der Waals surface area contributed by atoms with Gasteiger partial charge < -0.3 is 9.38 Å². The number of nitrogens with one attached hydrogen (secondary N) is 1. The van der Waals surface area contributed by atoms with Crippen LogP contribution in [-0.4, -0.2) is 35.1 Å². The van der Waals surface area contributed by atoms with Crippen molar-refractivity contribution < 1.29 is 8.78 Å². The van der Waals surface area contributed by atoms with Gasteiger partial charge >= 0.3 is 0 Å². The molecule has 0 bridgehead atoms. The average Bonchev–Trinajstić information content (AvgIpc) is 3.31. The van der Waals surface area contributed by atoms with E-state index < -0.39 is 5.92 Å². The molecule has 2 fully saturated rings. The summed E-state index contributed by atoms with van der Waals surface area (Å²) >= 11 is 6.08. The van der Waals surface area contributed by atoms with Gasteiger partial charge in [-0.1, -0.05) is 11.6 Å². The molecule has 0 saturated heterocycles. The van der Waals surface area contributed by atoms with Crippen molar-refractivity contribution in [3.63, 3.8) is 0 Å². The van der Waals surface area contributed by atoms with Gasteiger partial charge in [0.15, 0.2) is 5.65 Å². The Morgan fingerprint density at radius 2 is 1.91 bits per heavy atom. The second-order valence-electron chi connectivity index (χ2n) is 8.93. The summed E-state index contributed by atoms with van der Waals surface area (Å²) in [5, 5.41) is 5.37. The van der Waals surface area contributed by atoms with Crippen LogP contribution in [0.5, 0.6) is 0 Å². The van der Waals surface area contributed by atoms with Crippen molar-refractivity contribution in [3.05, 3.63) is 57.6 Å². The van der Waals surface area contributed by atoms with Crippen molar-refractivity contribution in [1.82, 2.24) is 29.1 Å². The molecule has 4 aromatic rings. The maximum absolute atomic E-state index is 13.6. The Labute approximate surface area is 186 Å². The van der Waals surface area contributed by atoms with Gasteiger partial charge in [-0.2, -0.15) is 5.10 Å². The fourth-order valence-corrected chi connectivity index (χ4v) is 5.16. The van der Waals surface area contributed by atoms with Crippen LogP contribution >= 0.6 is 11.6 Å². The van der Waals surface area contributed by atoms with Gasteiger partial charge in [0, 0.05) is 42.1 Å². The summed E-state index contributed by atoms with van der Waals surface area (Å²) in [7, 11) is 0. The zero-order valence-corrected chi connectivity index (χ0v) is 17.9. The molecule has 4 heterocycles. The molecule has 0 spiro atoms. The number of hydrogen-bond acceptors (Lipinski definition) is 4. The van der Waals surface area contributed by atoms with E-state index in [2.05, 4.69) is 10.1 Å². The van der Waals surface area contributed by atoms with Crippen LogP contribution in [-0.2, 0) is 0 Å². The number of hydrogen-bond donors (Lipinski definition) is 1. The molecule has 1 N–H and O–H groups in total. The van der Waals surface area contributed by atoms with Crippen LogP contribution in [0.25, 0.3) is 16.7 Å². The monoisotopic (exact) mass is 458 g/mol. The predicted octanol–water partition coefficient (Wildman–Crippen LogP) is 4.83. The maximum Gasteiger partial charge on any atom is 0.262 e. The molecule has 2 saturated carbocycles. The molecule has 0 radical (unpaired) electrons. The van der Waals surface area contributed by atoms with Crippen molar-refractivity contribution >= 4 is 28.3 Å². The van der Waals surface area contributed by atoms with E-state index in [-0.39, 0.29) is 36.3 Å². The van der Waals surface area contributed by atoms with E-state index in [9.17, 15) is 13.6 Å². The van der Waals surface area contributed by atoms with Gasteiger partial charge in [-0.3, -0.25) is 4.79 Å². The molecule has 10 heteroatoms. The zero-order valence-electron chi connectivity index (χ0n) is 17.1. The van der Waals surface area contributed by atoms with E-state index in [0.29, 0.717) is 34.7 Å². The first-order chi connectivity index (χ1) is 15.4. The number of fused-ring (bicyclic) bond motifs is 2. The molecule has 0 aromatic carbocycles. The number of rotatable bonds is 3. The van der Waals surface area contributed by atoms with Crippen molar-refractivity contribution in [3.8, 4) is 0 Å². The van der Waals surface area contributed by atoms with Gasteiger partial charge in [0.2, 0.25) is 5.92 Å². The van der Waals surface area contributed by atoms with Crippen LogP contribution in [0.15, 0.2) is 35.5 Å². The summed E-state index contributed by atoms with van der Waals surface area (Å²) in [4.78, 5) is 25.2. The molecular weight excluding hydrogens is 438 g/mol. The quantitative estimate of drug-likeness (QED) is 0.476. The van der Waals surface area contributed by atoms with Gasteiger partial charge in [0.1, 0.15) is 16.9 Å². The van der Waals surface area contributed by atoms with E-state index in [1.165, 1.54) is 6.20 Å². The first-order valence-corrected chi connectivity index (χ1v) is 11.3. The number of H-pyrrole nitrogens is 1. The molecule has 0 unspecified atom stereocenters. The van der Waals surface area contributed by atoms with Crippen LogP contribution < -0.4 is 5.56 Å². The molecule has 0 amide bonds. The molecule has 2 aliphatic carbocycles. The second-order valence-corrected chi connectivity index (χ2v) is 9.37. The van der Waals surface area contributed by atoms with E-state index in [4.69, 9.17) is 21.6 Å². The van der Waals surface area contributed by atoms with Gasteiger partial charge in [-0.05, 0) is 37.8 Å². The highest BCUT2D eigenvalue weighted by Crippen LogP contribution is 2.47. The predicted molar refractivity (Wildman–Crippen MR) is 116 cm³/mol. The molecule has 2 atom stereocenters. The van der Waals surface area contributed by atoms with Crippen molar-refractivity contribution in [1.29, 1.82) is 0 Å². The Bertz CT molecular complexity index is 1380. The number of imidazole rings is 1. The summed E-state index contributed by atoms with van der Waals surface area (Å²) in [6, 6.07) is 3.46. The minimum atomic E-state index is -2.62. The van der Waals surface area contributed by atoms with Crippen LogP contribution in [0.4, 0.5) is 8.78 Å². The van der Waals surface area contributed by atoms with Crippen LogP contribution in [0.2, 0.25) is 5.02 Å². The van der Waals surface area contributed by atoms with Crippen LogP contribution in [0.3, 0.4) is 0 Å². The Balaban J connectivity index is 1.34. The Kier molecular flexibility index (Phi) is 4.40. The molecule has 7 nitrogen and oxygen atoms in total. The van der Waals surface area contributed by atoms with Crippen LogP contribution in [0, 0.1) is 0 Å². The molecule has 2 aliphatic rings. The Morgan fingerprint density at radius 1 is 1.12 bits per heavy atom. The lowest BCUT2D eigenvalue weighted by Gasteiger charge is -2.34. The van der Waals surface area contributed by atoms with E-state index in [1.807, 2.05) is 28.9 Å². The van der Waals surface area contributed by atoms with Crippen molar-refractivity contribution in [2.24, 2.45) is 0 Å². The first-order valence-electron chi connectivity index (χ1n) is 10.9. The summed E-state index contributed by atoms with van der Waals surface area (Å²) < 4.78 is 30.8. The number of halogens is 3. The normalized spacial score (nSPS) is 23.6. The number of pyridine rings is 1. The minimum absolute atomic E-state index is 0.0338. The van der Waals surface area contributed by atoms with Gasteiger partial charge in [0.25, 0.3) is 5.56 Å². The molecular formula is C22H21ClF2N6O. The fraction of sp³-hybridized carbons (Fsp3) is 0.455. The summed E-state index contributed by atoms with van der Waals surface area (Å²) in [6.07, 6.45) is 7.49. The summed E-state index contributed by atoms with van der Waals surface area (Å²) in [5.74, 6) is -1.84. The first kappa shape index (κ1) is 19.8. The minimum Gasteiger partial charge on any atom is -0.310 e. The molecule has 6 rings (SSSR count). The van der Waals surface area contributed by atoms with E-state index >= 15 is 0 Å². The lowest BCUT2D eigenvalue weighted by Crippen LogP contribution is -2.28. The third-order valence-corrected chi connectivity index (χ3v) is 7.20. The second kappa shape index (κ2) is 7.10. The topological polar surface area (TPSA) is 80.9 Å². The van der Waals surface area contributed by atoms with E-state index in [1.54, 1.807) is 4.68 Å². The van der Waals surface area contributed by atoms with E-state index in [0.717, 1.165) is 24.2 Å². The summed E-state index contributed by atoms with van der Waals surface area (Å²) in [5.41, 5.74) is 1.95. The SMILES string of the molecule is O=c1[nH]c([C@H]2CC[C@@H]2c2cn3ccc(Cl)cc3n2)nc2c1cnn2C1CCC(F)(F)CC1. The summed E-state index contributed by atoms with van der Waals surface area (Å²) in [6.45, 7) is 0. The standard InChI is InChI=1S/C22H21ClF2N6O/c23-12-5-8-30-11-17(27-18(30)9-12)14-1-2-15(14)19-28-20-16(21(32)29-19)10-26-31(20)13-3-6-22(24,25)7-4-13/h5,8-11,13-15H,1-4,6-7H2,(H,28,29,32)/t14-,15-/m0/s1. The third kappa shape index (κ3) is 3.21. The Hall–Kier alpha value is -2.81. The number of aromatic nitrogens is 6. The molecule has 32 heavy (non-hydrogen) atoms. The number of alkyl halides is 2.